The molecule has 3 aromatic rings. The Balaban J connectivity index is 1.94. The molecule has 2 heterocycles. The van der Waals surface area contributed by atoms with Gasteiger partial charge in [-0.05, 0) is 65.8 Å². The van der Waals surface area contributed by atoms with Gasteiger partial charge in [0.1, 0.15) is 0 Å². The van der Waals surface area contributed by atoms with Crippen molar-refractivity contribution >= 4 is 11.6 Å². The Labute approximate surface area is 169 Å². The lowest BCUT2D eigenvalue weighted by atomic mass is 9.86. The average Bonchev–Trinajstić information content (AvgIpc) is 2.72. The van der Waals surface area contributed by atoms with E-state index in [2.05, 4.69) is 11.4 Å². The van der Waals surface area contributed by atoms with E-state index in [9.17, 15) is 14.9 Å². The molecule has 0 saturated heterocycles. The SMILES string of the molecule is Cc1cc(-c2ccc3c(c2Cc2ccccc2C#N)CCC(=O)N3)cn(C)c1=O. The fraction of sp³-hybridized carbons (Fsp3) is 0.208. The van der Waals surface area contributed by atoms with Gasteiger partial charge in [0.15, 0.2) is 0 Å². The van der Waals surface area contributed by atoms with Crippen molar-refractivity contribution in [2.45, 2.75) is 26.2 Å². The molecule has 29 heavy (non-hydrogen) atoms. The van der Waals surface area contributed by atoms with Crippen molar-refractivity contribution in [1.82, 2.24) is 4.57 Å². The average molecular weight is 383 g/mol. The number of rotatable bonds is 3. The number of hydrogen-bond donors (Lipinski definition) is 1. The third-order valence-electron chi connectivity index (χ3n) is 5.49. The van der Waals surface area contributed by atoms with Gasteiger partial charge in [-0.3, -0.25) is 9.59 Å². The Hall–Kier alpha value is -3.65. The number of carbonyl (C=O) groups is 1. The molecule has 1 aliphatic heterocycles. The molecule has 0 atom stereocenters. The molecule has 0 aliphatic carbocycles. The number of hydrogen-bond acceptors (Lipinski definition) is 3. The first-order chi connectivity index (χ1) is 14.0. The van der Waals surface area contributed by atoms with Crippen LogP contribution in [0.15, 0.2) is 53.5 Å². The van der Waals surface area contributed by atoms with Crippen molar-refractivity contribution in [2.24, 2.45) is 7.05 Å². The maximum atomic E-state index is 12.2. The van der Waals surface area contributed by atoms with Crippen molar-refractivity contribution in [1.29, 1.82) is 5.26 Å². The van der Waals surface area contributed by atoms with Crippen LogP contribution in [0.3, 0.4) is 0 Å². The van der Waals surface area contributed by atoms with Gasteiger partial charge in [-0.2, -0.15) is 5.26 Å². The van der Waals surface area contributed by atoms with Gasteiger partial charge in [0.2, 0.25) is 5.91 Å². The number of amides is 1. The maximum Gasteiger partial charge on any atom is 0.253 e. The van der Waals surface area contributed by atoms with Gasteiger partial charge in [0.25, 0.3) is 5.56 Å². The molecule has 0 spiro atoms. The van der Waals surface area contributed by atoms with Gasteiger partial charge in [0.05, 0.1) is 11.6 Å². The van der Waals surface area contributed by atoms with E-state index in [1.807, 2.05) is 55.6 Å². The summed E-state index contributed by atoms with van der Waals surface area (Å²) in [5.41, 5.74) is 7.24. The zero-order chi connectivity index (χ0) is 20.5. The van der Waals surface area contributed by atoms with Crippen LogP contribution >= 0.6 is 0 Å². The highest BCUT2D eigenvalue weighted by Gasteiger charge is 2.22. The van der Waals surface area contributed by atoms with E-state index in [4.69, 9.17) is 0 Å². The van der Waals surface area contributed by atoms with Crippen LogP contribution in [0, 0.1) is 18.3 Å². The number of nitriles is 1. The monoisotopic (exact) mass is 383 g/mol. The molecule has 0 bridgehead atoms. The van der Waals surface area contributed by atoms with Crippen LogP contribution in [-0.2, 0) is 24.7 Å². The van der Waals surface area contributed by atoms with Crippen molar-refractivity contribution < 1.29 is 4.79 Å². The minimum absolute atomic E-state index is 0.0182. The van der Waals surface area contributed by atoms with Gasteiger partial charge in [-0.1, -0.05) is 24.3 Å². The Morgan fingerprint density at radius 2 is 1.93 bits per heavy atom. The topological polar surface area (TPSA) is 74.9 Å². The lowest BCUT2D eigenvalue weighted by Gasteiger charge is -2.23. The highest BCUT2D eigenvalue weighted by molar-refractivity contribution is 5.95. The molecule has 144 valence electrons. The second kappa shape index (κ2) is 7.40. The fourth-order valence-electron chi connectivity index (χ4n) is 4.02. The molecule has 5 nitrogen and oxygen atoms in total. The largest absolute Gasteiger partial charge is 0.326 e. The Kier molecular flexibility index (Phi) is 4.77. The number of carbonyl (C=O) groups excluding carboxylic acids is 1. The molecule has 0 fully saturated rings. The van der Waals surface area contributed by atoms with Crippen LogP contribution < -0.4 is 10.9 Å². The normalized spacial score (nSPS) is 12.8. The van der Waals surface area contributed by atoms with E-state index in [-0.39, 0.29) is 11.5 Å². The quantitative estimate of drug-likeness (QED) is 0.749. The molecule has 1 aromatic heterocycles. The lowest BCUT2D eigenvalue weighted by Crippen LogP contribution is -2.21. The summed E-state index contributed by atoms with van der Waals surface area (Å²) in [6.45, 7) is 1.81. The van der Waals surface area contributed by atoms with Crippen LogP contribution in [0.2, 0.25) is 0 Å². The number of aryl methyl sites for hydroxylation is 2. The summed E-state index contributed by atoms with van der Waals surface area (Å²) in [4.78, 5) is 24.0. The van der Waals surface area contributed by atoms with E-state index in [0.29, 0.717) is 30.4 Å². The van der Waals surface area contributed by atoms with Crippen molar-refractivity contribution in [3.63, 3.8) is 0 Å². The number of benzene rings is 2. The highest BCUT2D eigenvalue weighted by Crippen LogP contribution is 2.35. The number of nitrogens with one attached hydrogen (secondary N) is 1. The van der Waals surface area contributed by atoms with Crippen LogP contribution in [0.1, 0.15) is 34.2 Å². The molecular weight excluding hydrogens is 362 g/mol. The van der Waals surface area contributed by atoms with Gasteiger partial charge < -0.3 is 9.88 Å². The van der Waals surface area contributed by atoms with E-state index in [0.717, 1.165) is 33.5 Å². The molecule has 5 heteroatoms. The van der Waals surface area contributed by atoms with Crippen LogP contribution in [0.25, 0.3) is 11.1 Å². The summed E-state index contributed by atoms with van der Waals surface area (Å²) in [5, 5.41) is 12.5. The smallest absolute Gasteiger partial charge is 0.253 e. The lowest BCUT2D eigenvalue weighted by molar-refractivity contribution is -0.116. The molecular formula is C24H21N3O2. The molecule has 0 unspecified atom stereocenters. The molecule has 2 aromatic carbocycles. The zero-order valence-electron chi connectivity index (χ0n) is 16.5. The predicted molar refractivity (Wildman–Crippen MR) is 113 cm³/mol. The van der Waals surface area contributed by atoms with Crippen LogP contribution in [0.5, 0.6) is 0 Å². The van der Waals surface area contributed by atoms with E-state index < -0.39 is 0 Å². The van der Waals surface area contributed by atoms with Gasteiger partial charge in [-0.15, -0.1) is 0 Å². The third kappa shape index (κ3) is 3.45. The number of nitrogens with zero attached hydrogens (tertiary/aromatic N) is 2. The number of pyridine rings is 1. The molecule has 0 saturated carbocycles. The molecule has 0 radical (unpaired) electrons. The number of aromatic nitrogens is 1. The van der Waals surface area contributed by atoms with Crippen molar-refractivity contribution in [3.05, 3.63) is 86.8 Å². The molecule has 1 aliphatic rings. The first-order valence-corrected chi connectivity index (χ1v) is 9.58. The van der Waals surface area contributed by atoms with Crippen LogP contribution in [-0.4, -0.2) is 10.5 Å². The summed E-state index contributed by atoms with van der Waals surface area (Å²) < 4.78 is 1.60. The number of anilines is 1. The summed E-state index contributed by atoms with van der Waals surface area (Å²) in [7, 11) is 1.75. The number of fused-ring (bicyclic) bond motifs is 1. The molecule has 1 amide bonds. The van der Waals surface area contributed by atoms with Crippen molar-refractivity contribution in [2.75, 3.05) is 5.32 Å². The first kappa shape index (κ1) is 18.7. The Morgan fingerprint density at radius 1 is 1.14 bits per heavy atom. The molecule has 1 N–H and O–H groups in total. The second-order valence-electron chi connectivity index (χ2n) is 7.44. The fourth-order valence-corrected chi connectivity index (χ4v) is 4.02. The standard InChI is InChI=1S/C24H21N3O2/c1-15-11-18(14-27(2)24(15)29)19-7-9-22-20(8-10-23(28)26-22)21(19)12-16-5-3-4-6-17(16)13-25/h3-7,9,11,14H,8,10,12H2,1-2H3,(H,26,28). The Morgan fingerprint density at radius 3 is 2.69 bits per heavy atom. The summed E-state index contributed by atoms with van der Waals surface area (Å²) in [6, 6.07) is 15.7. The van der Waals surface area contributed by atoms with Gasteiger partial charge in [-0.25, -0.2) is 0 Å². The van der Waals surface area contributed by atoms with E-state index >= 15 is 0 Å². The third-order valence-corrected chi connectivity index (χ3v) is 5.49. The summed E-state index contributed by atoms with van der Waals surface area (Å²) in [5.74, 6) is 0.0200. The summed E-state index contributed by atoms with van der Waals surface area (Å²) >= 11 is 0. The zero-order valence-corrected chi connectivity index (χ0v) is 16.5. The first-order valence-electron chi connectivity index (χ1n) is 9.58. The maximum absolute atomic E-state index is 12.2. The second-order valence-corrected chi connectivity index (χ2v) is 7.44. The summed E-state index contributed by atoms with van der Waals surface area (Å²) in [6.07, 6.45) is 3.53. The Bertz CT molecular complexity index is 1210. The minimum atomic E-state index is -0.0182. The highest BCUT2D eigenvalue weighted by atomic mass is 16.1. The van der Waals surface area contributed by atoms with E-state index in [1.165, 1.54) is 0 Å². The van der Waals surface area contributed by atoms with Crippen molar-refractivity contribution in [3.8, 4) is 17.2 Å². The minimum Gasteiger partial charge on any atom is -0.326 e. The molecule has 4 rings (SSSR count). The predicted octanol–water partition coefficient (Wildman–Crippen LogP) is 3.71. The van der Waals surface area contributed by atoms with Gasteiger partial charge >= 0.3 is 0 Å². The van der Waals surface area contributed by atoms with E-state index in [1.54, 1.807) is 11.6 Å². The van der Waals surface area contributed by atoms with Gasteiger partial charge in [0, 0.05) is 30.9 Å². The van der Waals surface area contributed by atoms with Crippen LogP contribution in [0.4, 0.5) is 5.69 Å².